The molecule has 5 heterocycles. The molecule has 0 atom stereocenters. The van der Waals surface area contributed by atoms with Gasteiger partial charge in [-0.1, -0.05) is 6.07 Å². The molecule has 1 fully saturated rings. The average Bonchev–Trinajstić information content (AvgIpc) is 3.40. The van der Waals surface area contributed by atoms with Crippen LogP contribution in [0.5, 0.6) is 5.75 Å². The second-order valence-electron chi connectivity index (χ2n) is 9.18. The Morgan fingerprint density at radius 1 is 1.03 bits per heavy atom. The van der Waals surface area contributed by atoms with Gasteiger partial charge >= 0.3 is 0 Å². The summed E-state index contributed by atoms with van der Waals surface area (Å²) >= 11 is 0. The van der Waals surface area contributed by atoms with Gasteiger partial charge in [0.25, 0.3) is 0 Å². The van der Waals surface area contributed by atoms with Crippen LogP contribution < -0.4 is 0 Å². The van der Waals surface area contributed by atoms with Crippen LogP contribution in [0.25, 0.3) is 28.0 Å². The molecular weight excluding hydrogens is 445 g/mol. The summed E-state index contributed by atoms with van der Waals surface area (Å²) in [6, 6.07) is 10.6. The number of likely N-dealkylation sites (tertiary alicyclic amines) is 1. The van der Waals surface area contributed by atoms with Crippen LogP contribution in [0.15, 0.2) is 61.2 Å². The minimum absolute atomic E-state index is 0.0677. The van der Waals surface area contributed by atoms with Crippen LogP contribution in [-0.2, 0) is 13.6 Å². The number of hydrogen-bond donors (Lipinski definition) is 1. The van der Waals surface area contributed by atoms with Gasteiger partial charge in [0.2, 0.25) is 0 Å². The molecule has 1 aliphatic heterocycles. The highest BCUT2D eigenvalue weighted by molar-refractivity contribution is 5.74. The van der Waals surface area contributed by atoms with Gasteiger partial charge in [-0.15, -0.1) is 0 Å². The number of imidazole rings is 1. The first-order valence-corrected chi connectivity index (χ1v) is 11.4. The Morgan fingerprint density at radius 3 is 2.60 bits per heavy atom. The summed E-state index contributed by atoms with van der Waals surface area (Å²) in [6.07, 6.45) is 7.51. The summed E-state index contributed by atoms with van der Waals surface area (Å²) in [4.78, 5) is 6.54. The highest BCUT2D eigenvalue weighted by Gasteiger charge is 2.29. The minimum Gasteiger partial charge on any atom is -0.507 e. The van der Waals surface area contributed by atoms with E-state index in [1.54, 1.807) is 28.9 Å². The first-order valence-electron chi connectivity index (χ1n) is 11.4. The van der Waals surface area contributed by atoms with Crippen LogP contribution in [0.3, 0.4) is 0 Å². The van der Waals surface area contributed by atoms with Crippen LogP contribution in [0.2, 0.25) is 0 Å². The van der Waals surface area contributed by atoms with Gasteiger partial charge in [0.05, 0.1) is 23.3 Å². The molecule has 0 amide bonds. The van der Waals surface area contributed by atoms with Gasteiger partial charge in [-0.05, 0) is 42.8 Å². The van der Waals surface area contributed by atoms with Crippen LogP contribution in [-0.4, -0.2) is 52.5 Å². The number of phenolic OH excluding ortho intramolecular Hbond substituents is 1. The van der Waals surface area contributed by atoms with Gasteiger partial charge < -0.3 is 9.51 Å². The number of hydrogen-bond acceptors (Lipinski definition) is 6. The SMILES string of the molecule is Cc1cn2cc(-c3ccc(-c4ccc(C5CN(Cc6cnn(C)c6)C5)nn4)c(O)c3)cc(F)c2n1. The third-order valence-corrected chi connectivity index (χ3v) is 6.46. The summed E-state index contributed by atoms with van der Waals surface area (Å²) < 4.78 is 18.0. The molecule has 0 saturated carbocycles. The van der Waals surface area contributed by atoms with E-state index in [-0.39, 0.29) is 11.4 Å². The number of halogens is 1. The zero-order valence-corrected chi connectivity index (χ0v) is 19.4. The molecule has 0 bridgehead atoms. The van der Waals surface area contributed by atoms with Crippen LogP contribution >= 0.6 is 0 Å². The Morgan fingerprint density at radius 2 is 1.89 bits per heavy atom. The van der Waals surface area contributed by atoms with Crippen molar-refractivity contribution in [1.82, 2.24) is 34.3 Å². The second kappa shape index (κ2) is 8.28. The molecule has 1 aromatic carbocycles. The molecule has 1 aliphatic rings. The van der Waals surface area contributed by atoms with Gasteiger partial charge in [-0.2, -0.15) is 15.3 Å². The fraction of sp³-hybridized carbons (Fsp3) is 0.231. The smallest absolute Gasteiger partial charge is 0.173 e. The van der Waals surface area contributed by atoms with E-state index >= 15 is 0 Å². The third-order valence-electron chi connectivity index (χ3n) is 6.46. The first kappa shape index (κ1) is 21.4. The molecule has 35 heavy (non-hydrogen) atoms. The maximum absolute atomic E-state index is 14.5. The van der Waals surface area contributed by atoms with Crippen LogP contribution in [0.4, 0.5) is 4.39 Å². The molecule has 8 nitrogen and oxygen atoms in total. The van der Waals surface area contributed by atoms with E-state index in [4.69, 9.17) is 0 Å². The lowest BCUT2D eigenvalue weighted by molar-refractivity contribution is 0.137. The molecule has 5 aromatic rings. The fourth-order valence-electron chi connectivity index (χ4n) is 4.67. The largest absolute Gasteiger partial charge is 0.507 e. The fourth-order valence-corrected chi connectivity index (χ4v) is 4.67. The highest BCUT2D eigenvalue weighted by Crippen LogP contribution is 2.34. The van der Waals surface area contributed by atoms with Gasteiger partial charge in [0.1, 0.15) is 5.75 Å². The number of aryl methyl sites for hydroxylation is 2. The molecule has 0 unspecified atom stereocenters. The van der Waals surface area contributed by atoms with Gasteiger partial charge in [-0.25, -0.2) is 9.37 Å². The molecule has 9 heteroatoms. The van der Waals surface area contributed by atoms with Crippen molar-refractivity contribution < 1.29 is 9.50 Å². The number of pyridine rings is 1. The standard InChI is InChI=1S/C26H24FN7O/c1-16-10-34-15-19(7-22(27)26(34)29-16)18-3-4-21(25(35)8-18)24-6-5-23(30-31-24)20-13-33(14-20)12-17-9-28-32(2)11-17/h3-11,15,20,35H,12-14H2,1-2H3. The van der Waals surface area contributed by atoms with Gasteiger partial charge in [-0.3, -0.25) is 9.58 Å². The van der Waals surface area contributed by atoms with Gasteiger partial charge in [0.15, 0.2) is 11.5 Å². The van der Waals surface area contributed by atoms with Crippen molar-refractivity contribution in [2.45, 2.75) is 19.4 Å². The number of fused-ring (bicyclic) bond motifs is 1. The Labute approximate surface area is 201 Å². The third kappa shape index (κ3) is 4.04. The second-order valence-corrected chi connectivity index (χ2v) is 9.18. The highest BCUT2D eigenvalue weighted by atomic mass is 19.1. The monoisotopic (exact) mass is 469 g/mol. The minimum atomic E-state index is -0.407. The van der Waals surface area contributed by atoms with E-state index in [0.29, 0.717) is 28.3 Å². The predicted molar refractivity (Wildman–Crippen MR) is 129 cm³/mol. The zero-order valence-electron chi connectivity index (χ0n) is 19.4. The number of rotatable bonds is 5. The van der Waals surface area contributed by atoms with E-state index in [9.17, 15) is 9.50 Å². The molecule has 1 N–H and O–H groups in total. The van der Waals surface area contributed by atoms with E-state index in [0.717, 1.165) is 31.0 Å². The summed E-state index contributed by atoms with van der Waals surface area (Å²) in [6.45, 7) is 4.57. The van der Waals surface area contributed by atoms with E-state index in [2.05, 4.69) is 25.2 Å². The average molecular weight is 470 g/mol. The lowest BCUT2D eigenvalue weighted by atomic mass is 9.95. The summed E-state index contributed by atoms with van der Waals surface area (Å²) in [5.41, 5.74) is 5.71. The van der Waals surface area contributed by atoms with Crippen molar-refractivity contribution >= 4 is 5.65 Å². The molecule has 1 saturated heterocycles. The number of nitrogens with zero attached hydrogens (tertiary/aromatic N) is 7. The van der Waals surface area contributed by atoms with Crippen molar-refractivity contribution in [2.24, 2.45) is 7.05 Å². The molecule has 176 valence electrons. The normalized spacial score (nSPS) is 14.5. The molecular formula is C26H24FN7O. The summed E-state index contributed by atoms with van der Waals surface area (Å²) in [5, 5.41) is 23.7. The quantitative estimate of drug-likeness (QED) is 0.420. The molecule has 0 radical (unpaired) electrons. The predicted octanol–water partition coefficient (Wildman–Crippen LogP) is 3.94. The van der Waals surface area contributed by atoms with Crippen molar-refractivity contribution in [3.05, 3.63) is 84.0 Å². The summed E-state index contributed by atoms with van der Waals surface area (Å²) in [7, 11) is 1.92. The molecule has 4 aromatic heterocycles. The maximum atomic E-state index is 14.5. The van der Waals surface area contributed by atoms with Crippen molar-refractivity contribution in [3.63, 3.8) is 0 Å². The zero-order chi connectivity index (χ0) is 24.1. The Kier molecular flexibility index (Phi) is 5.07. The van der Waals surface area contributed by atoms with Crippen molar-refractivity contribution in [3.8, 4) is 28.1 Å². The topological polar surface area (TPSA) is 84.4 Å². The van der Waals surface area contributed by atoms with Crippen LogP contribution in [0.1, 0.15) is 22.9 Å². The first-order chi connectivity index (χ1) is 16.9. The molecule has 0 spiro atoms. The van der Waals surface area contributed by atoms with Gasteiger partial charge in [0, 0.05) is 67.9 Å². The summed E-state index contributed by atoms with van der Waals surface area (Å²) in [5.74, 6) is 0.00888. The maximum Gasteiger partial charge on any atom is 0.173 e. The lowest BCUT2D eigenvalue weighted by Crippen LogP contribution is -2.44. The number of aromatic nitrogens is 6. The Hall–Kier alpha value is -4.11. The number of aromatic hydroxyl groups is 1. The van der Waals surface area contributed by atoms with E-state index < -0.39 is 5.82 Å². The van der Waals surface area contributed by atoms with E-state index in [1.807, 2.05) is 49.2 Å². The van der Waals surface area contributed by atoms with Crippen molar-refractivity contribution in [2.75, 3.05) is 13.1 Å². The van der Waals surface area contributed by atoms with Crippen molar-refractivity contribution in [1.29, 1.82) is 0 Å². The molecule has 0 aliphatic carbocycles. The van der Waals surface area contributed by atoms with E-state index in [1.165, 1.54) is 11.6 Å². The molecule has 6 rings (SSSR count). The number of benzene rings is 1. The number of phenols is 1. The Balaban J connectivity index is 1.17. The van der Waals surface area contributed by atoms with Crippen LogP contribution in [0, 0.1) is 12.7 Å². The Bertz CT molecular complexity index is 1530. The lowest BCUT2D eigenvalue weighted by Gasteiger charge is -2.38.